The molecule has 3 aromatic carbocycles. The molecule has 1 unspecified atom stereocenters. The zero-order valence-corrected chi connectivity index (χ0v) is 17.7. The van der Waals surface area contributed by atoms with E-state index < -0.39 is 21.8 Å². The van der Waals surface area contributed by atoms with E-state index in [9.17, 15) is 13.2 Å². The predicted octanol–water partition coefficient (Wildman–Crippen LogP) is 5.32. The van der Waals surface area contributed by atoms with E-state index in [1.807, 2.05) is 49.4 Å². The fourth-order valence-electron chi connectivity index (χ4n) is 3.45. The van der Waals surface area contributed by atoms with E-state index in [0.717, 1.165) is 41.2 Å². The van der Waals surface area contributed by atoms with Gasteiger partial charge in [-0.25, -0.2) is 13.1 Å². The SMILES string of the molecule is CCCCCC(C(=O)NS(=O)(=O)c1ccc(C)cc1)c1ccc2ccccc2c1. The summed E-state index contributed by atoms with van der Waals surface area (Å²) in [4.78, 5) is 13.1. The van der Waals surface area contributed by atoms with Gasteiger partial charge in [-0.05, 0) is 41.8 Å². The van der Waals surface area contributed by atoms with Crippen molar-refractivity contribution in [1.82, 2.24) is 4.72 Å². The summed E-state index contributed by atoms with van der Waals surface area (Å²) >= 11 is 0. The number of aryl methyl sites for hydroxylation is 1. The summed E-state index contributed by atoms with van der Waals surface area (Å²) in [6.07, 6.45) is 3.52. The van der Waals surface area contributed by atoms with E-state index >= 15 is 0 Å². The van der Waals surface area contributed by atoms with Crippen LogP contribution < -0.4 is 4.72 Å². The predicted molar refractivity (Wildman–Crippen MR) is 117 cm³/mol. The van der Waals surface area contributed by atoms with Gasteiger partial charge in [-0.1, -0.05) is 86.3 Å². The third kappa shape index (κ3) is 5.24. The van der Waals surface area contributed by atoms with Crippen LogP contribution >= 0.6 is 0 Å². The zero-order valence-electron chi connectivity index (χ0n) is 16.9. The van der Waals surface area contributed by atoms with Gasteiger partial charge in [0.2, 0.25) is 5.91 Å². The molecule has 3 rings (SSSR count). The highest BCUT2D eigenvalue weighted by atomic mass is 32.2. The fourth-order valence-corrected chi connectivity index (χ4v) is 4.47. The molecule has 4 nitrogen and oxygen atoms in total. The van der Waals surface area contributed by atoms with Gasteiger partial charge >= 0.3 is 0 Å². The van der Waals surface area contributed by atoms with Crippen LogP contribution in [0.15, 0.2) is 71.6 Å². The minimum atomic E-state index is -3.90. The van der Waals surface area contributed by atoms with Gasteiger partial charge in [-0.3, -0.25) is 4.79 Å². The molecule has 0 aromatic heterocycles. The summed E-state index contributed by atoms with van der Waals surface area (Å²) in [6, 6.07) is 20.3. The molecular weight excluding hydrogens is 382 g/mol. The summed E-state index contributed by atoms with van der Waals surface area (Å²) in [6.45, 7) is 3.99. The van der Waals surface area contributed by atoms with Crippen molar-refractivity contribution in [3.63, 3.8) is 0 Å². The van der Waals surface area contributed by atoms with Crippen LogP contribution in [0.3, 0.4) is 0 Å². The van der Waals surface area contributed by atoms with Crippen LogP contribution in [0.2, 0.25) is 0 Å². The van der Waals surface area contributed by atoms with Crippen LogP contribution in [0.25, 0.3) is 10.8 Å². The van der Waals surface area contributed by atoms with Crippen molar-refractivity contribution in [1.29, 1.82) is 0 Å². The van der Waals surface area contributed by atoms with Crippen LogP contribution in [0.5, 0.6) is 0 Å². The number of amides is 1. The normalized spacial score (nSPS) is 12.6. The van der Waals surface area contributed by atoms with Crippen LogP contribution in [0, 0.1) is 6.92 Å². The zero-order chi connectivity index (χ0) is 20.9. The van der Waals surface area contributed by atoms with Crippen LogP contribution in [-0.4, -0.2) is 14.3 Å². The Bertz CT molecular complexity index is 1090. The summed E-state index contributed by atoms with van der Waals surface area (Å²) in [7, 11) is -3.90. The van der Waals surface area contributed by atoms with Gasteiger partial charge in [-0.15, -0.1) is 0 Å². The van der Waals surface area contributed by atoms with Gasteiger partial charge < -0.3 is 0 Å². The maximum Gasteiger partial charge on any atom is 0.264 e. The van der Waals surface area contributed by atoms with E-state index in [-0.39, 0.29) is 4.90 Å². The molecule has 0 saturated carbocycles. The number of fused-ring (bicyclic) bond motifs is 1. The Morgan fingerprint density at radius 2 is 1.62 bits per heavy atom. The van der Waals surface area contributed by atoms with Gasteiger partial charge in [0, 0.05) is 0 Å². The van der Waals surface area contributed by atoms with Crippen molar-refractivity contribution in [2.75, 3.05) is 0 Å². The van der Waals surface area contributed by atoms with Gasteiger partial charge in [0.25, 0.3) is 10.0 Å². The lowest BCUT2D eigenvalue weighted by atomic mass is 9.91. The molecule has 0 heterocycles. The summed E-state index contributed by atoms with van der Waals surface area (Å²) in [5.41, 5.74) is 1.81. The maximum absolute atomic E-state index is 13.0. The number of unbranched alkanes of at least 4 members (excludes halogenated alkanes) is 2. The number of hydrogen-bond acceptors (Lipinski definition) is 3. The highest BCUT2D eigenvalue weighted by Crippen LogP contribution is 2.27. The second-order valence-corrected chi connectivity index (χ2v) is 9.12. The lowest BCUT2D eigenvalue weighted by Crippen LogP contribution is -2.34. The molecule has 0 fully saturated rings. The molecule has 0 aliphatic heterocycles. The van der Waals surface area contributed by atoms with Crippen molar-refractivity contribution >= 4 is 26.7 Å². The number of hydrogen-bond donors (Lipinski definition) is 1. The van der Waals surface area contributed by atoms with E-state index in [4.69, 9.17) is 0 Å². The van der Waals surface area contributed by atoms with Gasteiger partial charge in [0.1, 0.15) is 0 Å². The monoisotopic (exact) mass is 409 g/mol. The molecule has 0 saturated heterocycles. The van der Waals surface area contributed by atoms with Crippen LogP contribution in [0.4, 0.5) is 0 Å². The molecule has 0 aliphatic rings. The summed E-state index contributed by atoms with van der Waals surface area (Å²) in [5, 5.41) is 2.14. The van der Waals surface area contributed by atoms with Gasteiger partial charge in [0.15, 0.2) is 0 Å². The fraction of sp³-hybridized carbons (Fsp3) is 0.292. The largest absolute Gasteiger partial charge is 0.273 e. The molecule has 0 radical (unpaired) electrons. The molecule has 5 heteroatoms. The second-order valence-electron chi connectivity index (χ2n) is 7.44. The summed E-state index contributed by atoms with van der Waals surface area (Å²) in [5.74, 6) is -0.983. The second kappa shape index (κ2) is 9.23. The van der Waals surface area contributed by atoms with Crippen molar-refractivity contribution in [3.05, 3.63) is 77.9 Å². The third-order valence-electron chi connectivity index (χ3n) is 5.15. The highest BCUT2D eigenvalue weighted by Gasteiger charge is 2.26. The number of rotatable bonds is 8. The van der Waals surface area contributed by atoms with Crippen molar-refractivity contribution in [2.24, 2.45) is 0 Å². The molecule has 0 bridgehead atoms. The Balaban J connectivity index is 1.88. The Morgan fingerprint density at radius 3 is 2.31 bits per heavy atom. The molecule has 1 atom stereocenters. The molecule has 1 amide bonds. The van der Waals surface area contributed by atoms with E-state index in [2.05, 4.69) is 11.6 Å². The number of benzene rings is 3. The molecule has 0 aliphatic carbocycles. The van der Waals surface area contributed by atoms with Crippen molar-refractivity contribution in [3.8, 4) is 0 Å². The first-order valence-corrected chi connectivity index (χ1v) is 11.5. The Morgan fingerprint density at radius 1 is 0.931 bits per heavy atom. The first-order valence-electron chi connectivity index (χ1n) is 10.0. The first kappa shape index (κ1) is 21.1. The summed E-state index contributed by atoms with van der Waals surface area (Å²) < 4.78 is 27.7. The number of nitrogens with one attached hydrogen (secondary N) is 1. The molecular formula is C24H27NO3S. The molecule has 152 valence electrons. The van der Waals surface area contributed by atoms with E-state index in [1.54, 1.807) is 12.1 Å². The van der Waals surface area contributed by atoms with Crippen LogP contribution in [0.1, 0.15) is 49.7 Å². The number of carbonyl (C=O) groups is 1. The lowest BCUT2D eigenvalue weighted by Gasteiger charge is -2.18. The highest BCUT2D eigenvalue weighted by molar-refractivity contribution is 7.90. The van der Waals surface area contributed by atoms with Gasteiger partial charge in [0.05, 0.1) is 10.8 Å². The molecule has 29 heavy (non-hydrogen) atoms. The number of carbonyl (C=O) groups excluding carboxylic acids is 1. The quantitative estimate of drug-likeness (QED) is 0.512. The van der Waals surface area contributed by atoms with Crippen molar-refractivity contribution < 1.29 is 13.2 Å². The standard InChI is InChI=1S/C24H27NO3S/c1-3-4-5-10-23(21-14-13-19-8-6-7-9-20(19)17-21)24(26)25-29(27,28)22-15-11-18(2)12-16-22/h6-9,11-17,23H,3-5,10H2,1-2H3,(H,25,26). The Labute approximate surface area is 173 Å². The lowest BCUT2D eigenvalue weighted by molar-refractivity contribution is -0.121. The van der Waals surface area contributed by atoms with E-state index in [0.29, 0.717) is 6.42 Å². The minimum Gasteiger partial charge on any atom is -0.273 e. The van der Waals surface area contributed by atoms with Gasteiger partial charge in [-0.2, -0.15) is 0 Å². The Kier molecular flexibility index (Phi) is 6.70. The smallest absolute Gasteiger partial charge is 0.264 e. The molecule has 1 N–H and O–H groups in total. The number of sulfonamides is 1. The first-order chi connectivity index (χ1) is 13.9. The topological polar surface area (TPSA) is 63.2 Å². The average molecular weight is 410 g/mol. The Hall–Kier alpha value is -2.66. The van der Waals surface area contributed by atoms with Crippen molar-refractivity contribution in [2.45, 2.75) is 50.3 Å². The molecule has 3 aromatic rings. The van der Waals surface area contributed by atoms with Crippen LogP contribution in [-0.2, 0) is 14.8 Å². The molecule has 0 spiro atoms. The maximum atomic E-state index is 13.0. The minimum absolute atomic E-state index is 0.0993. The van der Waals surface area contributed by atoms with E-state index in [1.165, 1.54) is 12.1 Å². The average Bonchev–Trinajstić information content (AvgIpc) is 2.71. The third-order valence-corrected chi connectivity index (χ3v) is 6.52.